The summed E-state index contributed by atoms with van der Waals surface area (Å²) in [6.07, 6.45) is 2.19. The van der Waals surface area contributed by atoms with Crippen LogP contribution >= 0.6 is 0 Å². The Morgan fingerprint density at radius 3 is 2.56 bits per heavy atom. The molecule has 132 valence electrons. The molecule has 1 fully saturated rings. The molecule has 1 aliphatic heterocycles. The zero-order chi connectivity index (χ0) is 17.4. The van der Waals surface area contributed by atoms with E-state index in [4.69, 9.17) is 9.51 Å². The second-order valence-electron chi connectivity index (χ2n) is 7.27. The van der Waals surface area contributed by atoms with Crippen LogP contribution < -0.4 is 0 Å². The fourth-order valence-corrected chi connectivity index (χ4v) is 3.53. The van der Waals surface area contributed by atoms with Gasteiger partial charge in [0.1, 0.15) is 5.82 Å². The summed E-state index contributed by atoms with van der Waals surface area (Å²) in [6.45, 7) is 8.35. The normalized spacial score (nSPS) is 18.2. The second-order valence-corrected chi connectivity index (χ2v) is 7.27. The molecule has 6 heteroatoms. The predicted octanol–water partition coefficient (Wildman–Crippen LogP) is 4.01. The van der Waals surface area contributed by atoms with E-state index in [9.17, 15) is 0 Å². The van der Waals surface area contributed by atoms with Crippen LogP contribution in [0, 0.1) is 0 Å². The lowest BCUT2D eigenvalue weighted by Crippen LogP contribution is -2.35. The number of rotatable bonds is 4. The maximum atomic E-state index is 5.47. The van der Waals surface area contributed by atoms with E-state index in [2.05, 4.69) is 52.9 Å². The first-order chi connectivity index (χ1) is 12.1. The van der Waals surface area contributed by atoms with Gasteiger partial charge in [-0.1, -0.05) is 31.1 Å². The molecule has 2 aromatic heterocycles. The average Bonchev–Trinajstić information content (AvgIpc) is 3.28. The molecule has 25 heavy (non-hydrogen) atoms. The monoisotopic (exact) mass is 339 g/mol. The van der Waals surface area contributed by atoms with Gasteiger partial charge in [0.15, 0.2) is 5.82 Å². The highest BCUT2D eigenvalue weighted by Crippen LogP contribution is 2.31. The van der Waals surface area contributed by atoms with Gasteiger partial charge in [0.25, 0.3) is 0 Å². The summed E-state index contributed by atoms with van der Waals surface area (Å²) in [6, 6.07) is 8.40. The van der Waals surface area contributed by atoms with Crippen LogP contribution in [-0.2, 0) is 0 Å². The van der Waals surface area contributed by atoms with Gasteiger partial charge in [-0.2, -0.15) is 4.98 Å². The maximum absolute atomic E-state index is 5.47. The molecule has 3 heterocycles. The third-order valence-electron chi connectivity index (χ3n) is 5.20. The van der Waals surface area contributed by atoms with Gasteiger partial charge in [0, 0.05) is 11.8 Å². The molecule has 0 radical (unpaired) electrons. The van der Waals surface area contributed by atoms with Crippen LogP contribution in [0.1, 0.15) is 69.0 Å². The van der Waals surface area contributed by atoms with Crippen LogP contribution in [0.4, 0.5) is 0 Å². The number of aromatic amines is 1. The van der Waals surface area contributed by atoms with E-state index in [0.29, 0.717) is 11.8 Å². The number of likely N-dealkylation sites (tertiary alicyclic amines) is 1. The van der Waals surface area contributed by atoms with E-state index in [1.807, 2.05) is 12.1 Å². The molecule has 0 bridgehead atoms. The maximum Gasteiger partial charge on any atom is 0.243 e. The van der Waals surface area contributed by atoms with Crippen molar-refractivity contribution >= 4 is 11.0 Å². The van der Waals surface area contributed by atoms with Crippen LogP contribution in [0.25, 0.3) is 11.0 Å². The van der Waals surface area contributed by atoms with E-state index in [1.54, 1.807) is 0 Å². The molecule has 1 atom stereocenters. The van der Waals surface area contributed by atoms with E-state index in [1.165, 1.54) is 0 Å². The summed E-state index contributed by atoms with van der Waals surface area (Å²) in [5.41, 5.74) is 2.18. The average molecular weight is 339 g/mol. The Morgan fingerprint density at radius 2 is 1.88 bits per heavy atom. The first-order valence-electron chi connectivity index (χ1n) is 9.14. The fraction of sp³-hybridized carbons (Fsp3) is 0.526. The van der Waals surface area contributed by atoms with Gasteiger partial charge in [-0.05, 0) is 45.0 Å². The fourth-order valence-electron chi connectivity index (χ4n) is 3.53. The molecular formula is C19H25N5O. The molecule has 4 rings (SSSR count). The molecule has 0 unspecified atom stereocenters. The molecule has 3 aromatic rings. The van der Waals surface area contributed by atoms with Crippen molar-refractivity contribution in [1.82, 2.24) is 25.0 Å². The molecule has 1 aromatic carbocycles. The number of benzene rings is 1. The molecule has 1 saturated heterocycles. The summed E-state index contributed by atoms with van der Waals surface area (Å²) in [5, 5.41) is 4.09. The number of piperidine rings is 1. The highest BCUT2D eigenvalue weighted by molar-refractivity contribution is 5.74. The molecule has 1 aliphatic rings. The van der Waals surface area contributed by atoms with Gasteiger partial charge in [-0.3, -0.25) is 4.90 Å². The second kappa shape index (κ2) is 6.59. The number of para-hydroxylation sites is 2. The van der Waals surface area contributed by atoms with Crippen LogP contribution in [-0.4, -0.2) is 38.1 Å². The Labute approximate surface area is 147 Å². The third kappa shape index (κ3) is 3.18. The minimum absolute atomic E-state index is 0.164. The minimum Gasteiger partial charge on any atom is -0.342 e. The molecule has 1 N–H and O–H groups in total. The summed E-state index contributed by atoms with van der Waals surface area (Å²) in [5.74, 6) is 3.42. The van der Waals surface area contributed by atoms with Crippen LogP contribution in [0.5, 0.6) is 0 Å². The number of nitrogens with zero attached hydrogens (tertiary/aromatic N) is 4. The van der Waals surface area contributed by atoms with Crippen molar-refractivity contribution in [2.24, 2.45) is 0 Å². The van der Waals surface area contributed by atoms with Crippen molar-refractivity contribution in [2.45, 2.75) is 51.5 Å². The highest BCUT2D eigenvalue weighted by atomic mass is 16.5. The number of imidazole rings is 1. The van der Waals surface area contributed by atoms with Crippen LogP contribution in [0.15, 0.2) is 28.8 Å². The number of nitrogens with one attached hydrogen (secondary N) is 1. The van der Waals surface area contributed by atoms with Gasteiger partial charge in [0.2, 0.25) is 5.89 Å². The highest BCUT2D eigenvalue weighted by Gasteiger charge is 2.28. The smallest absolute Gasteiger partial charge is 0.243 e. The van der Waals surface area contributed by atoms with E-state index >= 15 is 0 Å². The SMILES string of the molecule is CC(C)c1noc([C@H](C)N2CCC(c3nc4ccccc4[nH]3)CC2)n1. The first kappa shape index (κ1) is 16.3. The lowest BCUT2D eigenvalue weighted by molar-refractivity contribution is 0.135. The molecule has 0 amide bonds. The minimum atomic E-state index is 0.164. The molecule has 0 saturated carbocycles. The van der Waals surface area contributed by atoms with E-state index in [-0.39, 0.29) is 6.04 Å². The summed E-state index contributed by atoms with van der Waals surface area (Å²) in [7, 11) is 0. The molecule has 6 nitrogen and oxygen atoms in total. The standard InChI is InChI=1S/C19H25N5O/c1-12(2)17-22-19(25-23-17)13(3)24-10-8-14(9-11-24)18-20-15-6-4-5-7-16(15)21-18/h4-7,12-14H,8-11H2,1-3H3,(H,20,21)/t13-/m0/s1. The lowest BCUT2D eigenvalue weighted by Gasteiger charge is -2.33. The van der Waals surface area contributed by atoms with E-state index in [0.717, 1.165) is 54.5 Å². The van der Waals surface area contributed by atoms with E-state index < -0.39 is 0 Å². The Hall–Kier alpha value is -2.21. The van der Waals surface area contributed by atoms with Gasteiger partial charge < -0.3 is 9.51 Å². The van der Waals surface area contributed by atoms with Crippen molar-refractivity contribution in [3.8, 4) is 0 Å². The Morgan fingerprint density at radius 1 is 1.12 bits per heavy atom. The van der Waals surface area contributed by atoms with Crippen molar-refractivity contribution in [1.29, 1.82) is 0 Å². The number of hydrogen-bond donors (Lipinski definition) is 1. The number of H-pyrrole nitrogens is 1. The van der Waals surface area contributed by atoms with Crippen molar-refractivity contribution in [2.75, 3.05) is 13.1 Å². The Kier molecular flexibility index (Phi) is 4.29. The third-order valence-corrected chi connectivity index (χ3v) is 5.20. The van der Waals surface area contributed by atoms with Gasteiger partial charge in [-0.25, -0.2) is 4.98 Å². The number of hydrogen-bond acceptors (Lipinski definition) is 5. The lowest BCUT2D eigenvalue weighted by atomic mass is 9.95. The summed E-state index contributed by atoms with van der Waals surface area (Å²) in [4.78, 5) is 15.2. The van der Waals surface area contributed by atoms with Gasteiger partial charge >= 0.3 is 0 Å². The Balaban J connectivity index is 1.41. The number of fused-ring (bicyclic) bond motifs is 1. The van der Waals surface area contributed by atoms with Crippen LogP contribution in [0.2, 0.25) is 0 Å². The summed E-state index contributed by atoms with van der Waals surface area (Å²) < 4.78 is 5.47. The van der Waals surface area contributed by atoms with Crippen molar-refractivity contribution < 1.29 is 4.52 Å². The zero-order valence-electron chi connectivity index (χ0n) is 15.1. The summed E-state index contributed by atoms with van der Waals surface area (Å²) >= 11 is 0. The largest absolute Gasteiger partial charge is 0.342 e. The molecule has 0 spiro atoms. The van der Waals surface area contributed by atoms with Gasteiger partial charge in [0.05, 0.1) is 17.1 Å². The zero-order valence-corrected chi connectivity index (χ0v) is 15.1. The molecular weight excluding hydrogens is 314 g/mol. The predicted molar refractivity (Wildman–Crippen MR) is 96.4 cm³/mol. The quantitative estimate of drug-likeness (QED) is 0.777. The van der Waals surface area contributed by atoms with Crippen molar-refractivity contribution in [3.05, 3.63) is 41.8 Å². The number of aromatic nitrogens is 4. The van der Waals surface area contributed by atoms with Gasteiger partial charge in [-0.15, -0.1) is 0 Å². The Bertz CT molecular complexity index is 811. The van der Waals surface area contributed by atoms with Crippen molar-refractivity contribution in [3.63, 3.8) is 0 Å². The van der Waals surface area contributed by atoms with Crippen LogP contribution in [0.3, 0.4) is 0 Å². The first-order valence-corrected chi connectivity index (χ1v) is 9.14. The topological polar surface area (TPSA) is 70.8 Å². The molecule has 0 aliphatic carbocycles.